The molecule has 2 N–H and O–H groups in total. The van der Waals surface area contributed by atoms with Gasteiger partial charge in [0.25, 0.3) is 5.91 Å². The molecule has 1 aromatic heterocycles. The zero-order chi connectivity index (χ0) is 14.5. The third-order valence-corrected chi connectivity index (χ3v) is 3.08. The summed E-state index contributed by atoms with van der Waals surface area (Å²) in [5.41, 5.74) is 6.16. The lowest BCUT2D eigenvalue weighted by molar-refractivity contribution is 0.0697. The maximum atomic E-state index is 12.5. The lowest BCUT2D eigenvalue weighted by atomic mass is 9.93. The van der Waals surface area contributed by atoms with Gasteiger partial charge < -0.3 is 15.4 Å². The first kappa shape index (κ1) is 15.4. The van der Waals surface area contributed by atoms with E-state index < -0.39 is 0 Å². The SMILES string of the molecule is CCN(CC(C)(C)CN)C(=O)c1ccncc1OC. The van der Waals surface area contributed by atoms with Crippen LogP contribution in [0.2, 0.25) is 0 Å². The molecule has 0 unspecified atom stereocenters. The highest BCUT2D eigenvalue weighted by atomic mass is 16.5. The summed E-state index contributed by atoms with van der Waals surface area (Å²) in [6.45, 7) is 7.83. The number of nitrogens with two attached hydrogens (primary N) is 1. The topological polar surface area (TPSA) is 68.5 Å². The molecule has 1 aromatic rings. The van der Waals surface area contributed by atoms with Crippen LogP contribution in [-0.2, 0) is 0 Å². The molecule has 19 heavy (non-hydrogen) atoms. The summed E-state index contributed by atoms with van der Waals surface area (Å²) < 4.78 is 5.18. The Morgan fingerprint density at radius 1 is 1.53 bits per heavy atom. The number of ether oxygens (including phenoxy) is 1. The van der Waals surface area contributed by atoms with E-state index in [2.05, 4.69) is 4.98 Å². The number of carbonyl (C=O) groups excluding carboxylic acids is 1. The van der Waals surface area contributed by atoms with Crippen LogP contribution in [0.5, 0.6) is 5.75 Å². The molecular formula is C14H23N3O2. The van der Waals surface area contributed by atoms with E-state index in [0.717, 1.165) is 0 Å². The summed E-state index contributed by atoms with van der Waals surface area (Å²) in [4.78, 5) is 18.3. The second-order valence-electron chi connectivity index (χ2n) is 5.26. The van der Waals surface area contributed by atoms with Crippen LogP contribution < -0.4 is 10.5 Å². The van der Waals surface area contributed by atoms with E-state index in [9.17, 15) is 4.79 Å². The smallest absolute Gasteiger partial charge is 0.257 e. The van der Waals surface area contributed by atoms with Gasteiger partial charge in [0.2, 0.25) is 0 Å². The summed E-state index contributed by atoms with van der Waals surface area (Å²) >= 11 is 0. The molecule has 0 aromatic carbocycles. The van der Waals surface area contributed by atoms with Crippen LogP contribution >= 0.6 is 0 Å². The van der Waals surface area contributed by atoms with Gasteiger partial charge in [0.05, 0.1) is 18.9 Å². The summed E-state index contributed by atoms with van der Waals surface area (Å²) in [5.74, 6) is 0.444. The molecule has 0 radical (unpaired) electrons. The maximum absolute atomic E-state index is 12.5. The normalized spacial score (nSPS) is 11.2. The minimum Gasteiger partial charge on any atom is -0.494 e. The summed E-state index contributed by atoms with van der Waals surface area (Å²) in [6.07, 6.45) is 3.15. The highest BCUT2D eigenvalue weighted by Gasteiger charge is 2.25. The van der Waals surface area contributed by atoms with Crippen molar-refractivity contribution in [3.05, 3.63) is 24.0 Å². The third kappa shape index (κ3) is 3.92. The van der Waals surface area contributed by atoms with Gasteiger partial charge in [0.1, 0.15) is 5.75 Å². The van der Waals surface area contributed by atoms with Gasteiger partial charge in [0, 0.05) is 19.3 Å². The molecule has 0 fully saturated rings. The fraction of sp³-hybridized carbons (Fsp3) is 0.571. The molecule has 106 valence electrons. The molecule has 5 nitrogen and oxygen atoms in total. The van der Waals surface area contributed by atoms with E-state index in [1.165, 1.54) is 7.11 Å². The standard InChI is InChI=1S/C14H23N3O2/c1-5-17(10-14(2,3)9-15)13(18)11-6-7-16-8-12(11)19-4/h6-8H,5,9-10,15H2,1-4H3. The number of amides is 1. The second-order valence-corrected chi connectivity index (χ2v) is 5.26. The van der Waals surface area contributed by atoms with Crippen molar-refractivity contribution < 1.29 is 9.53 Å². The lowest BCUT2D eigenvalue weighted by Gasteiger charge is -2.31. The van der Waals surface area contributed by atoms with Crippen molar-refractivity contribution in [1.29, 1.82) is 0 Å². The van der Waals surface area contributed by atoms with Gasteiger partial charge in [0.15, 0.2) is 0 Å². The molecule has 0 aliphatic carbocycles. The van der Waals surface area contributed by atoms with Crippen molar-refractivity contribution in [2.75, 3.05) is 26.7 Å². The first-order chi connectivity index (χ1) is 8.95. The average Bonchev–Trinajstić information content (AvgIpc) is 2.44. The van der Waals surface area contributed by atoms with Gasteiger partial charge >= 0.3 is 0 Å². The monoisotopic (exact) mass is 265 g/mol. The van der Waals surface area contributed by atoms with Crippen LogP contribution in [0.25, 0.3) is 0 Å². The minimum atomic E-state index is -0.105. The number of rotatable bonds is 6. The van der Waals surface area contributed by atoms with Gasteiger partial charge in [-0.15, -0.1) is 0 Å². The van der Waals surface area contributed by atoms with Gasteiger partial charge in [-0.1, -0.05) is 13.8 Å². The first-order valence-corrected chi connectivity index (χ1v) is 6.42. The quantitative estimate of drug-likeness (QED) is 0.847. The Morgan fingerprint density at radius 3 is 2.74 bits per heavy atom. The van der Waals surface area contributed by atoms with Crippen molar-refractivity contribution in [2.45, 2.75) is 20.8 Å². The van der Waals surface area contributed by atoms with Crippen molar-refractivity contribution in [3.63, 3.8) is 0 Å². The van der Waals surface area contributed by atoms with Crippen LogP contribution in [0.1, 0.15) is 31.1 Å². The number of methoxy groups -OCH3 is 1. The van der Waals surface area contributed by atoms with Crippen molar-refractivity contribution in [1.82, 2.24) is 9.88 Å². The number of aromatic nitrogens is 1. The Morgan fingerprint density at radius 2 is 2.21 bits per heavy atom. The van der Waals surface area contributed by atoms with E-state index in [1.54, 1.807) is 23.4 Å². The molecule has 0 aliphatic heterocycles. The molecule has 0 saturated heterocycles. The lowest BCUT2D eigenvalue weighted by Crippen LogP contribution is -2.42. The minimum absolute atomic E-state index is 0.0525. The third-order valence-electron chi connectivity index (χ3n) is 3.08. The van der Waals surface area contributed by atoms with E-state index in [1.807, 2.05) is 20.8 Å². The van der Waals surface area contributed by atoms with Crippen molar-refractivity contribution >= 4 is 5.91 Å². The van der Waals surface area contributed by atoms with Gasteiger partial charge in [-0.25, -0.2) is 0 Å². The summed E-state index contributed by atoms with van der Waals surface area (Å²) in [6, 6.07) is 1.68. The molecule has 0 spiro atoms. The Bertz CT molecular complexity index is 432. The van der Waals surface area contributed by atoms with Crippen LogP contribution in [0, 0.1) is 5.41 Å². The molecule has 5 heteroatoms. The van der Waals surface area contributed by atoms with E-state index in [4.69, 9.17) is 10.5 Å². The fourth-order valence-electron chi connectivity index (χ4n) is 1.80. The molecule has 0 atom stereocenters. The first-order valence-electron chi connectivity index (χ1n) is 6.42. The average molecular weight is 265 g/mol. The summed E-state index contributed by atoms with van der Waals surface area (Å²) in [5, 5.41) is 0. The van der Waals surface area contributed by atoms with Crippen molar-refractivity contribution in [3.8, 4) is 5.75 Å². The molecule has 0 saturated carbocycles. The fourth-order valence-corrected chi connectivity index (χ4v) is 1.80. The Hall–Kier alpha value is -1.62. The number of carbonyl (C=O) groups is 1. The molecule has 1 amide bonds. The molecule has 1 rings (SSSR count). The summed E-state index contributed by atoms with van der Waals surface area (Å²) in [7, 11) is 1.54. The predicted molar refractivity (Wildman–Crippen MR) is 75.2 cm³/mol. The van der Waals surface area contributed by atoms with Gasteiger partial charge in [-0.2, -0.15) is 0 Å². The molecule has 1 heterocycles. The van der Waals surface area contributed by atoms with Gasteiger partial charge in [-0.3, -0.25) is 9.78 Å². The number of hydrogen-bond donors (Lipinski definition) is 1. The zero-order valence-corrected chi connectivity index (χ0v) is 12.1. The number of nitrogens with zero attached hydrogens (tertiary/aromatic N) is 2. The van der Waals surface area contributed by atoms with Crippen LogP contribution in [-0.4, -0.2) is 42.5 Å². The van der Waals surface area contributed by atoms with Crippen LogP contribution in [0.4, 0.5) is 0 Å². The number of hydrogen-bond acceptors (Lipinski definition) is 4. The second kappa shape index (κ2) is 6.52. The predicted octanol–water partition coefficient (Wildman–Crippen LogP) is 1.54. The van der Waals surface area contributed by atoms with E-state index >= 15 is 0 Å². The highest BCUT2D eigenvalue weighted by molar-refractivity contribution is 5.96. The van der Waals surface area contributed by atoms with Crippen LogP contribution in [0.15, 0.2) is 18.5 Å². The largest absolute Gasteiger partial charge is 0.494 e. The van der Waals surface area contributed by atoms with Crippen molar-refractivity contribution in [2.24, 2.45) is 11.1 Å². The Balaban J connectivity index is 2.96. The molecule has 0 aliphatic rings. The van der Waals surface area contributed by atoms with E-state index in [0.29, 0.717) is 30.9 Å². The highest BCUT2D eigenvalue weighted by Crippen LogP contribution is 2.21. The zero-order valence-electron chi connectivity index (χ0n) is 12.1. The molecule has 0 bridgehead atoms. The maximum Gasteiger partial charge on any atom is 0.257 e. The van der Waals surface area contributed by atoms with E-state index in [-0.39, 0.29) is 11.3 Å². The Labute approximate surface area is 114 Å². The number of pyridine rings is 1. The van der Waals surface area contributed by atoms with Crippen LogP contribution in [0.3, 0.4) is 0 Å². The molecular weight excluding hydrogens is 242 g/mol. The van der Waals surface area contributed by atoms with Gasteiger partial charge in [-0.05, 0) is 24.9 Å². The Kier molecular flexibility index (Phi) is 5.30.